The van der Waals surface area contributed by atoms with Gasteiger partial charge in [0.05, 0.1) is 6.54 Å². The van der Waals surface area contributed by atoms with Gasteiger partial charge in [-0.3, -0.25) is 9.78 Å². The molecule has 25 heavy (non-hydrogen) atoms. The molecule has 2 fully saturated rings. The average molecular weight is 457 g/mol. The van der Waals surface area contributed by atoms with Crippen molar-refractivity contribution in [3.05, 3.63) is 29.6 Å². The third-order valence-corrected chi connectivity index (χ3v) is 4.88. The number of rotatable bonds is 3. The number of pyridine rings is 1. The van der Waals surface area contributed by atoms with Crippen LogP contribution in [0.1, 0.15) is 37.4 Å². The summed E-state index contributed by atoms with van der Waals surface area (Å²) in [5.74, 6) is 1.13. The molecular formula is C18H28IN5O. The molecule has 0 aromatic carbocycles. The quantitative estimate of drug-likeness (QED) is 0.415. The fourth-order valence-electron chi connectivity index (χ4n) is 3.61. The minimum Gasteiger partial charge on any atom is -0.357 e. The molecule has 2 saturated heterocycles. The van der Waals surface area contributed by atoms with Gasteiger partial charge in [-0.1, -0.05) is 6.07 Å². The maximum Gasteiger partial charge on any atom is 0.220 e. The van der Waals surface area contributed by atoms with Gasteiger partial charge in [0, 0.05) is 49.9 Å². The third-order valence-electron chi connectivity index (χ3n) is 4.88. The van der Waals surface area contributed by atoms with Crippen molar-refractivity contribution in [1.29, 1.82) is 0 Å². The lowest BCUT2D eigenvalue weighted by Crippen LogP contribution is -2.51. The Morgan fingerprint density at radius 1 is 1.48 bits per heavy atom. The van der Waals surface area contributed by atoms with Crippen LogP contribution in [0.4, 0.5) is 0 Å². The Kier molecular flexibility index (Phi) is 7.04. The fourth-order valence-corrected chi connectivity index (χ4v) is 3.61. The second-order valence-electron chi connectivity index (χ2n) is 6.96. The highest BCUT2D eigenvalue weighted by Crippen LogP contribution is 2.36. The highest BCUT2D eigenvalue weighted by molar-refractivity contribution is 14.0. The Bertz CT molecular complexity index is 618. The molecular weight excluding hydrogens is 429 g/mol. The maximum atomic E-state index is 11.7. The van der Waals surface area contributed by atoms with Crippen molar-refractivity contribution >= 4 is 35.8 Å². The Hall–Kier alpha value is -1.38. The molecule has 2 aliphatic heterocycles. The summed E-state index contributed by atoms with van der Waals surface area (Å²) < 4.78 is 0. The van der Waals surface area contributed by atoms with E-state index in [1.807, 2.05) is 19.2 Å². The number of likely N-dealkylation sites (tertiary alicyclic amines) is 1. The van der Waals surface area contributed by atoms with Gasteiger partial charge in [-0.25, -0.2) is 4.99 Å². The van der Waals surface area contributed by atoms with E-state index < -0.39 is 0 Å². The molecule has 1 unspecified atom stereocenters. The smallest absolute Gasteiger partial charge is 0.220 e. The Morgan fingerprint density at radius 2 is 2.32 bits per heavy atom. The minimum atomic E-state index is 0. The number of guanidine groups is 1. The van der Waals surface area contributed by atoms with Gasteiger partial charge >= 0.3 is 0 Å². The normalized spacial score (nSPS) is 23.4. The first-order valence-corrected chi connectivity index (χ1v) is 8.82. The topological polar surface area (TPSA) is 69.6 Å². The zero-order chi connectivity index (χ0) is 17.0. The van der Waals surface area contributed by atoms with E-state index in [2.05, 4.69) is 33.5 Å². The molecule has 1 spiro atoms. The largest absolute Gasteiger partial charge is 0.357 e. The standard InChI is InChI=1S/C18H27N5O.HI/c1-3-19-17(21-11-15-6-5-14(2)20-10-15)23-8-4-7-18(13-23)9-16(24)22-12-18;/h5-6,10H,3-4,7-9,11-13H2,1-2H3,(H,19,21)(H,22,24);1H. The van der Waals surface area contributed by atoms with Crippen LogP contribution in [0.2, 0.25) is 0 Å². The number of hydrogen-bond acceptors (Lipinski definition) is 3. The van der Waals surface area contributed by atoms with Gasteiger partial charge in [-0.05, 0) is 38.3 Å². The van der Waals surface area contributed by atoms with Crippen LogP contribution in [0.3, 0.4) is 0 Å². The van der Waals surface area contributed by atoms with Gasteiger partial charge in [0.1, 0.15) is 0 Å². The molecule has 138 valence electrons. The predicted molar refractivity (Wildman–Crippen MR) is 110 cm³/mol. The first-order valence-electron chi connectivity index (χ1n) is 8.82. The van der Waals surface area contributed by atoms with Crippen LogP contribution in [0.5, 0.6) is 0 Å². The summed E-state index contributed by atoms with van der Waals surface area (Å²) in [5.41, 5.74) is 2.21. The van der Waals surface area contributed by atoms with Crippen molar-refractivity contribution in [2.75, 3.05) is 26.2 Å². The summed E-state index contributed by atoms with van der Waals surface area (Å²) >= 11 is 0. The second-order valence-corrected chi connectivity index (χ2v) is 6.96. The number of nitrogens with zero attached hydrogens (tertiary/aromatic N) is 3. The van der Waals surface area contributed by atoms with E-state index in [4.69, 9.17) is 4.99 Å². The molecule has 3 rings (SSSR count). The lowest BCUT2D eigenvalue weighted by molar-refractivity contribution is -0.119. The highest BCUT2D eigenvalue weighted by atomic mass is 127. The van der Waals surface area contributed by atoms with Crippen molar-refractivity contribution < 1.29 is 4.79 Å². The van der Waals surface area contributed by atoms with Crippen molar-refractivity contribution in [1.82, 2.24) is 20.5 Å². The number of carbonyl (C=O) groups is 1. The summed E-state index contributed by atoms with van der Waals surface area (Å²) in [4.78, 5) is 23.1. The van der Waals surface area contributed by atoms with E-state index in [-0.39, 0.29) is 35.3 Å². The van der Waals surface area contributed by atoms with Crippen LogP contribution in [-0.2, 0) is 11.3 Å². The van der Waals surface area contributed by atoms with E-state index in [1.54, 1.807) is 0 Å². The summed E-state index contributed by atoms with van der Waals surface area (Å²) in [5, 5.41) is 6.40. The van der Waals surface area contributed by atoms with Crippen LogP contribution >= 0.6 is 24.0 Å². The molecule has 2 N–H and O–H groups in total. The van der Waals surface area contributed by atoms with E-state index in [1.165, 1.54) is 0 Å². The van der Waals surface area contributed by atoms with Gasteiger partial charge in [0.15, 0.2) is 5.96 Å². The zero-order valence-electron chi connectivity index (χ0n) is 15.0. The van der Waals surface area contributed by atoms with E-state index >= 15 is 0 Å². The van der Waals surface area contributed by atoms with Crippen LogP contribution in [0, 0.1) is 12.3 Å². The van der Waals surface area contributed by atoms with E-state index in [9.17, 15) is 4.79 Å². The van der Waals surface area contributed by atoms with E-state index in [0.717, 1.165) is 56.2 Å². The molecule has 0 saturated carbocycles. The van der Waals surface area contributed by atoms with Gasteiger partial charge in [0.2, 0.25) is 5.91 Å². The summed E-state index contributed by atoms with van der Waals surface area (Å²) in [6.07, 6.45) is 4.75. The lowest BCUT2D eigenvalue weighted by Gasteiger charge is -2.40. The molecule has 7 heteroatoms. The van der Waals surface area contributed by atoms with Gasteiger partial charge in [-0.15, -0.1) is 24.0 Å². The SMILES string of the molecule is CCNC(=NCc1ccc(C)nc1)N1CCCC2(CNC(=O)C2)C1.I. The third kappa shape index (κ3) is 5.05. The fraction of sp³-hybridized carbons (Fsp3) is 0.611. The van der Waals surface area contributed by atoms with Crippen LogP contribution in [0.15, 0.2) is 23.3 Å². The minimum absolute atomic E-state index is 0. The molecule has 0 radical (unpaired) electrons. The van der Waals surface area contributed by atoms with Crippen molar-refractivity contribution in [2.24, 2.45) is 10.4 Å². The number of carbonyl (C=O) groups excluding carboxylic acids is 1. The average Bonchev–Trinajstić information content (AvgIpc) is 2.93. The van der Waals surface area contributed by atoms with Crippen molar-refractivity contribution in [2.45, 2.75) is 39.7 Å². The van der Waals surface area contributed by atoms with Gasteiger partial charge < -0.3 is 15.5 Å². The molecule has 3 heterocycles. The Balaban J connectivity index is 0.00000225. The number of hydrogen-bond donors (Lipinski definition) is 2. The zero-order valence-corrected chi connectivity index (χ0v) is 17.4. The lowest BCUT2D eigenvalue weighted by atomic mass is 9.79. The number of nitrogens with one attached hydrogen (secondary N) is 2. The summed E-state index contributed by atoms with van der Waals surface area (Å²) in [6, 6.07) is 4.09. The summed E-state index contributed by atoms with van der Waals surface area (Å²) in [7, 11) is 0. The Labute approximate surface area is 166 Å². The first kappa shape index (κ1) is 19.9. The van der Waals surface area contributed by atoms with Crippen molar-refractivity contribution in [3.8, 4) is 0 Å². The monoisotopic (exact) mass is 457 g/mol. The maximum absolute atomic E-state index is 11.7. The highest BCUT2D eigenvalue weighted by Gasteiger charge is 2.42. The number of aromatic nitrogens is 1. The number of halogens is 1. The molecule has 1 aromatic heterocycles. The number of amides is 1. The number of aryl methyl sites for hydroxylation is 1. The molecule has 0 aliphatic carbocycles. The van der Waals surface area contributed by atoms with E-state index in [0.29, 0.717) is 13.0 Å². The number of aliphatic imine (C=N–C) groups is 1. The van der Waals surface area contributed by atoms with Crippen LogP contribution in [0.25, 0.3) is 0 Å². The first-order chi connectivity index (χ1) is 11.6. The van der Waals surface area contributed by atoms with Crippen molar-refractivity contribution in [3.63, 3.8) is 0 Å². The molecule has 1 atom stereocenters. The molecule has 1 amide bonds. The number of piperidine rings is 1. The second kappa shape index (κ2) is 8.82. The predicted octanol–water partition coefficient (Wildman–Crippen LogP) is 2.08. The molecule has 2 aliphatic rings. The summed E-state index contributed by atoms with van der Waals surface area (Å²) in [6.45, 7) is 8.22. The molecule has 6 nitrogen and oxygen atoms in total. The Morgan fingerprint density at radius 3 is 2.96 bits per heavy atom. The van der Waals surface area contributed by atoms with Crippen LogP contribution in [-0.4, -0.2) is 47.9 Å². The van der Waals surface area contributed by atoms with Gasteiger partial charge in [0.25, 0.3) is 0 Å². The molecule has 0 bridgehead atoms. The van der Waals surface area contributed by atoms with Gasteiger partial charge in [-0.2, -0.15) is 0 Å². The molecule has 1 aromatic rings. The van der Waals surface area contributed by atoms with Crippen LogP contribution < -0.4 is 10.6 Å².